The number of hydrogen-bond donors (Lipinski definition) is 2. The molecule has 1 aromatic rings. The Morgan fingerprint density at radius 1 is 1.53 bits per heavy atom. The zero-order chi connectivity index (χ0) is 13.8. The molecule has 4 nitrogen and oxygen atoms in total. The van der Waals surface area contributed by atoms with Crippen LogP contribution in [0.25, 0.3) is 0 Å². The number of alkyl halides is 2. The summed E-state index contributed by atoms with van der Waals surface area (Å²) >= 11 is 0.454. The van der Waals surface area contributed by atoms with Crippen LogP contribution in [0.3, 0.4) is 0 Å². The first-order valence-electron chi connectivity index (χ1n) is 5.99. The maximum absolute atomic E-state index is 12.0. The fourth-order valence-electron chi connectivity index (χ4n) is 1.91. The van der Waals surface area contributed by atoms with Crippen LogP contribution < -0.4 is 5.32 Å². The van der Waals surface area contributed by atoms with Gasteiger partial charge in [-0.05, 0) is 30.9 Å². The van der Waals surface area contributed by atoms with Gasteiger partial charge in [0.15, 0.2) is 5.76 Å². The zero-order valence-electron chi connectivity index (χ0n) is 10.1. The molecule has 1 amide bonds. The number of aliphatic hydroxyl groups is 1. The van der Waals surface area contributed by atoms with Crippen molar-refractivity contribution in [1.29, 1.82) is 0 Å². The highest BCUT2D eigenvalue weighted by molar-refractivity contribution is 7.98. The SMILES string of the molecule is O=C(NCC1CC(O)C1)c1ccc(CSC(F)F)o1. The van der Waals surface area contributed by atoms with Gasteiger partial charge in [-0.15, -0.1) is 0 Å². The van der Waals surface area contributed by atoms with Gasteiger partial charge in [-0.25, -0.2) is 0 Å². The molecule has 0 spiro atoms. The van der Waals surface area contributed by atoms with E-state index < -0.39 is 5.76 Å². The number of amides is 1. The normalized spacial score (nSPS) is 22.3. The molecule has 1 fully saturated rings. The van der Waals surface area contributed by atoms with Crippen LogP contribution in [0.15, 0.2) is 16.5 Å². The van der Waals surface area contributed by atoms with Crippen molar-refractivity contribution in [1.82, 2.24) is 5.32 Å². The maximum Gasteiger partial charge on any atom is 0.287 e. The van der Waals surface area contributed by atoms with E-state index >= 15 is 0 Å². The Kier molecular flexibility index (Phi) is 4.81. The third-order valence-electron chi connectivity index (χ3n) is 3.00. The third-order valence-corrected chi connectivity index (χ3v) is 3.70. The highest BCUT2D eigenvalue weighted by Gasteiger charge is 2.27. The van der Waals surface area contributed by atoms with Gasteiger partial charge in [0.1, 0.15) is 5.76 Å². The minimum atomic E-state index is -2.45. The van der Waals surface area contributed by atoms with Crippen molar-refractivity contribution in [3.8, 4) is 0 Å². The van der Waals surface area contributed by atoms with E-state index in [2.05, 4.69) is 5.32 Å². The first-order chi connectivity index (χ1) is 9.04. The van der Waals surface area contributed by atoms with Crippen LogP contribution in [0.2, 0.25) is 0 Å². The van der Waals surface area contributed by atoms with Gasteiger partial charge in [0.25, 0.3) is 11.7 Å². The fraction of sp³-hybridized carbons (Fsp3) is 0.583. The van der Waals surface area contributed by atoms with Crippen molar-refractivity contribution in [2.45, 2.75) is 30.5 Å². The Balaban J connectivity index is 1.75. The number of nitrogens with one attached hydrogen (secondary N) is 1. The molecule has 7 heteroatoms. The first-order valence-corrected chi connectivity index (χ1v) is 7.04. The molecule has 106 valence electrons. The van der Waals surface area contributed by atoms with Crippen LogP contribution in [0.5, 0.6) is 0 Å². The quantitative estimate of drug-likeness (QED) is 0.843. The number of furan rings is 1. The summed E-state index contributed by atoms with van der Waals surface area (Å²) in [6.07, 6.45) is 1.16. The van der Waals surface area contributed by atoms with Crippen molar-refractivity contribution < 1.29 is 23.1 Å². The maximum atomic E-state index is 12.0. The molecule has 1 aliphatic rings. The summed E-state index contributed by atoms with van der Waals surface area (Å²) in [5, 5.41) is 11.8. The lowest BCUT2D eigenvalue weighted by Crippen LogP contribution is -2.38. The zero-order valence-corrected chi connectivity index (χ0v) is 11.0. The number of hydrogen-bond acceptors (Lipinski definition) is 4. The van der Waals surface area contributed by atoms with E-state index in [1.165, 1.54) is 12.1 Å². The second kappa shape index (κ2) is 6.38. The molecule has 0 bridgehead atoms. The smallest absolute Gasteiger partial charge is 0.287 e. The van der Waals surface area contributed by atoms with E-state index in [9.17, 15) is 13.6 Å². The highest BCUT2D eigenvalue weighted by atomic mass is 32.2. The van der Waals surface area contributed by atoms with E-state index in [1.54, 1.807) is 0 Å². The van der Waals surface area contributed by atoms with Crippen molar-refractivity contribution in [3.05, 3.63) is 23.7 Å². The van der Waals surface area contributed by atoms with Gasteiger partial charge in [-0.1, -0.05) is 11.8 Å². The summed E-state index contributed by atoms with van der Waals surface area (Å²) in [6.45, 7) is 0.498. The van der Waals surface area contributed by atoms with Crippen LogP contribution in [0.1, 0.15) is 29.2 Å². The molecular formula is C12H15F2NO3S. The number of carbonyl (C=O) groups is 1. The number of halogens is 2. The molecule has 1 heterocycles. The van der Waals surface area contributed by atoms with Crippen LogP contribution in [0.4, 0.5) is 8.78 Å². The van der Waals surface area contributed by atoms with Crippen molar-refractivity contribution >= 4 is 17.7 Å². The average molecular weight is 291 g/mol. The molecule has 1 aliphatic carbocycles. The Labute approximate surface area is 113 Å². The lowest BCUT2D eigenvalue weighted by atomic mass is 9.82. The molecule has 1 saturated carbocycles. The topological polar surface area (TPSA) is 62.5 Å². The summed E-state index contributed by atoms with van der Waals surface area (Å²) in [4.78, 5) is 11.7. The van der Waals surface area contributed by atoms with Crippen LogP contribution in [-0.4, -0.2) is 29.4 Å². The number of aliphatic hydroxyl groups excluding tert-OH is 1. The predicted octanol–water partition coefficient (Wildman–Crippen LogP) is 2.24. The van der Waals surface area contributed by atoms with Crippen molar-refractivity contribution in [2.24, 2.45) is 5.92 Å². The van der Waals surface area contributed by atoms with E-state index in [4.69, 9.17) is 9.52 Å². The predicted molar refractivity (Wildman–Crippen MR) is 67.1 cm³/mol. The molecule has 0 saturated heterocycles. The highest BCUT2D eigenvalue weighted by Crippen LogP contribution is 2.26. The molecule has 0 radical (unpaired) electrons. The van der Waals surface area contributed by atoms with Gasteiger partial charge >= 0.3 is 0 Å². The summed E-state index contributed by atoms with van der Waals surface area (Å²) < 4.78 is 29.2. The monoisotopic (exact) mass is 291 g/mol. The van der Waals surface area contributed by atoms with Crippen molar-refractivity contribution in [2.75, 3.05) is 6.54 Å². The van der Waals surface area contributed by atoms with Crippen LogP contribution in [0, 0.1) is 5.92 Å². The Morgan fingerprint density at radius 3 is 2.89 bits per heavy atom. The lowest BCUT2D eigenvalue weighted by molar-refractivity contribution is 0.0417. The van der Waals surface area contributed by atoms with Crippen LogP contribution >= 0.6 is 11.8 Å². The van der Waals surface area contributed by atoms with E-state index in [-0.39, 0.29) is 23.5 Å². The first kappa shape index (κ1) is 14.3. The second-order valence-electron chi connectivity index (χ2n) is 4.54. The summed E-state index contributed by atoms with van der Waals surface area (Å²) in [7, 11) is 0. The standard InChI is InChI=1S/C12H15F2NO3S/c13-12(14)19-6-9-1-2-10(18-9)11(17)15-5-7-3-8(16)4-7/h1-2,7-8,12,16H,3-6H2,(H,15,17). The summed E-state index contributed by atoms with van der Waals surface area (Å²) in [6, 6.07) is 3.00. The van der Waals surface area contributed by atoms with Gasteiger partial charge in [0.05, 0.1) is 11.9 Å². The molecule has 2 N–H and O–H groups in total. The fourth-order valence-corrected chi connectivity index (χ4v) is 2.36. The molecule has 0 atom stereocenters. The molecule has 2 rings (SSSR count). The number of carbonyl (C=O) groups excluding carboxylic acids is 1. The molecular weight excluding hydrogens is 276 g/mol. The molecule has 1 aromatic heterocycles. The average Bonchev–Trinajstić information content (AvgIpc) is 2.79. The van der Waals surface area contributed by atoms with E-state index in [0.29, 0.717) is 42.8 Å². The van der Waals surface area contributed by atoms with Gasteiger partial charge in [-0.3, -0.25) is 4.79 Å². The number of thioether (sulfide) groups is 1. The minimum Gasteiger partial charge on any atom is -0.455 e. The Morgan fingerprint density at radius 2 is 2.26 bits per heavy atom. The van der Waals surface area contributed by atoms with E-state index in [0.717, 1.165) is 0 Å². The largest absolute Gasteiger partial charge is 0.455 e. The van der Waals surface area contributed by atoms with Gasteiger partial charge in [-0.2, -0.15) is 8.78 Å². The minimum absolute atomic E-state index is 0.0414. The molecule has 0 aromatic carbocycles. The Hall–Kier alpha value is -1.08. The lowest BCUT2D eigenvalue weighted by Gasteiger charge is -2.31. The third kappa shape index (κ3) is 4.21. The number of rotatable bonds is 6. The summed E-state index contributed by atoms with van der Waals surface area (Å²) in [5.74, 6) is -1.97. The second-order valence-corrected chi connectivity index (χ2v) is 5.52. The van der Waals surface area contributed by atoms with Gasteiger partial charge in [0.2, 0.25) is 0 Å². The molecule has 19 heavy (non-hydrogen) atoms. The van der Waals surface area contributed by atoms with Crippen LogP contribution in [-0.2, 0) is 5.75 Å². The molecule has 0 unspecified atom stereocenters. The van der Waals surface area contributed by atoms with Crippen molar-refractivity contribution in [3.63, 3.8) is 0 Å². The summed E-state index contributed by atoms with van der Waals surface area (Å²) in [5.41, 5.74) is 0. The molecule has 0 aliphatic heterocycles. The van der Waals surface area contributed by atoms with E-state index in [1.807, 2.05) is 0 Å². The Bertz CT molecular complexity index is 432. The van der Waals surface area contributed by atoms with Gasteiger partial charge in [0, 0.05) is 6.54 Å². The van der Waals surface area contributed by atoms with Gasteiger partial charge < -0.3 is 14.8 Å².